The number of cyclic esters (lactones) is 1. The maximum absolute atomic E-state index is 13.0. The van der Waals surface area contributed by atoms with Crippen molar-refractivity contribution in [2.45, 2.75) is 71.1 Å². The van der Waals surface area contributed by atoms with E-state index in [0.717, 1.165) is 19.3 Å². The van der Waals surface area contributed by atoms with E-state index < -0.39 is 35.9 Å². The van der Waals surface area contributed by atoms with Crippen molar-refractivity contribution in [2.75, 3.05) is 20.3 Å². The van der Waals surface area contributed by atoms with E-state index in [2.05, 4.69) is 10.3 Å². The van der Waals surface area contributed by atoms with Gasteiger partial charge in [-0.15, -0.1) is 0 Å². The van der Waals surface area contributed by atoms with Gasteiger partial charge in [0.1, 0.15) is 12.2 Å². The van der Waals surface area contributed by atoms with Crippen LogP contribution in [0.25, 0.3) is 0 Å². The number of carbonyl (C=O) groups is 3. The van der Waals surface area contributed by atoms with Crippen molar-refractivity contribution in [3.05, 3.63) is 18.0 Å². The number of aromatic hydroxyl groups is 1. The van der Waals surface area contributed by atoms with E-state index in [1.807, 2.05) is 0 Å². The number of nitrogens with one attached hydrogen (secondary N) is 1. The number of ether oxygens (including phenoxy) is 4. The molecule has 194 valence electrons. The van der Waals surface area contributed by atoms with Gasteiger partial charge in [0.05, 0.1) is 26.2 Å². The molecule has 0 radical (unpaired) electrons. The highest BCUT2D eigenvalue weighted by molar-refractivity contribution is 5.98. The molecule has 35 heavy (non-hydrogen) atoms. The van der Waals surface area contributed by atoms with Crippen LogP contribution in [0.15, 0.2) is 12.3 Å². The molecule has 0 spiro atoms. The van der Waals surface area contributed by atoms with Crippen molar-refractivity contribution in [2.24, 2.45) is 17.8 Å². The Balaban J connectivity index is 1.77. The van der Waals surface area contributed by atoms with Crippen LogP contribution in [-0.2, 0) is 23.8 Å². The Labute approximate surface area is 205 Å². The molecule has 0 aromatic carbocycles. The minimum Gasteiger partial charge on any atom is -0.503 e. The van der Waals surface area contributed by atoms with E-state index in [0.29, 0.717) is 5.92 Å². The number of pyridine rings is 1. The van der Waals surface area contributed by atoms with Crippen molar-refractivity contribution in [1.82, 2.24) is 10.3 Å². The minimum atomic E-state index is -1.14. The van der Waals surface area contributed by atoms with Gasteiger partial charge in [-0.3, -0.25) is 9.59 Å². The molecule has 1 aliphatic carbocycles. The molecule has 1 amide bonds. The molecule has 4 atom stereocenters. The molecule has 2 aliphatic rings. The van der Waals surface area contributed by atoms with Crippen LogP contribution in [0.1, 0.15) is 63.4 Å². The fourth-order valence-electron chi connectivity index (χ4n) is 4.65. The number of methoxy groups -OCH3 is 1. The van der Waals surface area contributed by atoms with Gasteiger partial charge in [-0.25, -0.2) is 9.78 Å². The molecule has 1 aromatic rings. The third kappa shape index (κ3) is 6.84. The van der Waals surface area contributed by atoms with E-state index in [4.69, 9.17) is 18.9 Å². The molecule has 1 aromatic heterocycles. The number of hydrogen-bond donors (Lipinski definition) is 2. The van der Waals surface area contributed by atoms with Crippen LogP contribution in [0, 0.1) is 17.8 Å². The van der Waals surface area contributed by atoms with Crippen molar-refractivity contribution in [1.29, 1.82) is 0 Å². The highest BCUT2D eigenvalue weighted by Gasteiger charge is 2.39. The van der Waals surface area contributed by atoms with E-state index in [1.54, 1.807) is 20.8 Å². The van der Waals surface area contributed by atoms with Crippen LogP contribution < -0.4 is 10.1 Å². The monoisotopic (exact) mass is 492 g/mol. The molecule has 0 unspecified atom stereocenters. The number of esters is 2. The predicted octanol–water partition coefficient (Wildman–Crippen LogP) is 2.62. The normalized spacial score (nSPS) is 25.8. The molecule has 2 heterocycles. The Hall–Kier alpha value is -2.88. The van der Waals surface area contributed by atoms with Crippen molar-refractivity contribution in [3.8, 4) is 11.5 Å². The third-order valence-corrected chi connectivity index (χ3v) is 6.59. The van der Waals surface area contributed by atoms with E-state index in [1.165, 1.54) is 32.2 Å². The van der Waals surface area contributed by atoms with Crippen molar-refractivity contribution < 1.29 is 38.4 Å². The van der Waals surface area contributed by atoms with Gasteiger partial charge in [-0.2, -0.15) is 0 Å². The minimum absolute atomic E-state index is 0.0802. The Morgan fingerprint density at radius 2 is 1.97 bits per heavy atom. The van der Waals surface area contributed by atoms with Gasteiger partial charge < -0.3 is 29.4 Å². The lowest BCUT2D eigenvalue weighted by Crippen LogP contribution is -2.46. The number of rotatable bonds is 7. The zero-order valence-electron chi connectivity index (χ0n) is 20.8. The standard InChI is InChI=1S/C25H36N2O8/c1-14(2)24(30)35-22-15(3)34-25(31)18(13-33-12-17(22)11-16-7-5-6-8-16)27-23(29)20-21(28)19(32-4)9-10-26-20/h9-10,14-18,22,28H,5-8,11-13H2,1-4H3,(H,27,29)/t15-,17-,18-,22-/m0/s1. The van der Waals surface area contributed by atoms with Crippen LogP contribution in [-0.4, -0.2) is 66.5 Å². The summed E-state index contributed by atoms with van der Waals surface area (Å²) in [5.74, 6) is -2.18. The fourth-order valence-corrected chi connectivity index (χ4v) is 4.65. The lowest BCUT2D eigenvalue weighted by Gasteiger charge is -2.32. The van der Waals surface area contributed by atoms with Gasteiger partial charge in [0.25, 0.3) is 5.91 Å². The summed E-state index contributed by atoms with van der Waals surface area (Å²) < 4.78 is 22.4. The fraction of sp³-hybridized carbons (Fsp3) is 0.680. The predicted molar refractivity (Wildman–Crippen MR) is 125 cm³/mol. The van der Waals surface area contributed by atoms with Gasteiger partial charge in [0.2, 0.25) is 0 Å². The largest absolute Gasteiger partial charge is 0.503 e. The van der Waals surface area contributed by atoms with Crippen molar-refractivity contribution in [3.63, 3.8) is 0 Å². The average Bonchev–Trinajstić information content (AvgIpc) is 3.34. The lowest BCUT2D eigenvalue weighted by molar-refractivity contribution is -0.174. The summed E-state index contributed by atoms with van der Waals surface area (Å²) >= 11 is 0. The topological polar surface area (TPSA) is 133 Å². The summed E-state index contributed by atoms with van der Waals surface area (Å²) in [5, 5.41) is 12.8. The summed E-state index contributed by atoms with van der Waals surface area (Å²) in [4.78, 5) is 42.1. The molecule has 0 bridgehead atoms. The summed E-state index contributed by atoms with van der Waals surface area (Å²) in [7, 11) is 1.35. The Morgan fingerprint density at radius 1 is 1.26 bits per heavy atom. The van der Waals surface area contributed by atoms with Crippen LogP contribution in [0.5, 0.6) is 11.5 Å². The van der Waals surface area contributed by atoms with Gasteiger partial charge in [-0.05, 0) is 19.3 Å². The molecule has 10 nitrogen and oxygen atoms in total. The highest BCUT2D eigenvalue weighted by Crippen LogP contribution is 2.34. The summed E-state index contributed by atoms with van der Waals surface area (Å²) in [6.07, 6.45) is 5.31. The first-order valence-corrected chi connectivity index (χ1v) is 12.2. The molecule has 10 heteroatoms. The van der Waals surface area contributed by atoms with Crippen LogP contribution >= 0.6 is 0 Å². The number of hydrogen-bond acceptors (Lipinski definition) is 9. The first kappa shape index (κ1) is 26.7. The summed E-state index contributed by atoms with van der Waals surface area (Å²) in [6.45, 7) is 5.32. The number of carbonyl (C=O) groups excluding carboxylic acids is 3. The number of amides is 1. The van der Waals surface area contributed by atoms with Crippen LogP contribution in [0.2, 0.25) is 0 Å². The third-order valence-electron chi connectivity index (χ3n) is 6.59. The van der Waals surface area contributed by atoms with E-state index >= 15 is 0 Å². The molecule has 2 N–H and O–H groups in total. The maximum atomic E-state index is 13.0. The second-order valence-corrected chi connectivity index (χ2v) is 9.62. The second-order valence-electron chi connectivity index (χ2n) is 9.62. The Morgan fingerprint density at radius 3 is 2.63 bits per heavy atom. The van der Waals surface area contributed by atoms with Gasteiger partial charge >= 0.3 is 11.9 Å². The molecular weight excluding hydrogens is 456 g/mol. The van der Waals surface area contributed by atoms with Gasteiger partial charge in [-0.1, -0.05) is 39.5 Å². The number of nitrogens with zero attached hydrogens (tertiary/aromatic N) is 1. The summed E-state index contributed by atoms with van der Waals surface area (Å²) in [5.41, 5.74) is -0.284. The molecule has 1 aliphatic heterocycles. The molecule has 1 saturated carbocycles. The maximum Gasteiger partial charge on any atom is 0.331 e. The van der Waals surface area contributed by atoms with Crippen LogP contribution in [0.3, 0.4) is 0 Å². The molecular formula is C25H36N2O8. The second kappa shape index (κ2) is 12.2. The van der Waals surface area contributed by atoms with Gasteiger partial charge in [0.15, 0.2) is 23.2 Å². The molecule has 3 rings (SSSR count). The zero-order chi connectivity index (χ0) is 25.5. The first-order chi connectivity index (χ1) is 16.7. The quantitative estimate of drug-likeness (QED) is 0.551. The highest BCUT2D eigenvalue weighted by atomic mass is 16.6. The Kier molecular flexibility index (Phi) is 9.31. The van der Waals surface area contributed by atoms with Gasteiger partial charge in [0, 0.05) is 18.2 Å². The van der Waals surface area contributed by atoms with Crippen molar-refractivity contribution >= 4 is 17.8 Å². The smallest absolute Gasteiger partial charge is 0.331 e. The SMILES string of the molecule is COc1ccnc(C(=O)N[C@H]2COC[C@H](CC3CCCC3)[C@@H](OC(=O)C(C)C)[C@H](C)OC2=O)c1O. The molecule has 2 fully saturated rings. The average molecular weight is 493 g/mol. The summed E-state index contributed by atoms with van der Waals surface area (Å²) in [6, 6.07) is 0.276. The first-order valence-electron chi connectivity index (χ1n) is 12.2. The zero-order valence-corrected chi connectivity index (χ0v) is 20.8. The Bertz CT molecular complexity index is 899. The molecule has 1 saturated heterocycles. The lowest BCUT2D eigenvalue weighted by atomic mass is 9.87. The number of aromatic nitrogens is 1. The van der Waals surface area contributed by atoms with Crippen LogP contribution in [0.4, 0.5) is 0 Å². The van der Waals surface area contributed by atoms with E-state index in [9.17, 15) is 19.5 Å². The van der Waals surface area contributed by atoms with E-state index in [-0.39, 0.29) is 42.5 Å².